The predicted octanol–water partition coefficient (Wildman–Crippen LogP) is 3.74. The molecular weight excluding hydrogens is 221 g/mol. The summed E-state index contributed by atoms with van der Waals surface area (Å²) in [4.78, 5) is 0. The Hall–Kier alpha value is -1.19. The molecule has 84 valence electrons. The van der Waals surface area contributed by atoms with Crippen LogP contribution in [0.15, 0.2) is 41.1 Å². The smallest absolute Gasteiger partial charge is 0.127 e. The largest absolute Gasteiger partial charge is 0.306 e. The number of rotatable bonds is 4. The molecule has 1 heterocycles. The molecule has 0 bridgehead atoms. The van der Waals surface area contributed by atoms with Crippen molar-refractivity contribution < 1.29 is 4.39 Å². The van der Waals surface area contributed by atoms with E-state index in [-0.39, 0.29) is 11.9 Å². The Morgan fingerprint density at radius 3 is 2.81 bits per heavy atom. The quantitative estimate of drug-likeness (QED) is 0.851. The van der Waals surface area contributed by atoms with Gasteiger partial charge in [0.2, 0.25) is 0 Å². The molecule has 1 nitrogen and oxygen atoms in total. The van der Waals surface area contributed by atoms with Gasteiger partial charge >= 0.3 is 0 Å². The Labute approximate surface area is 98.9 Å². The second-order valence-electron chi connectivity index (χ2n) is 3.76. The van der Waals surface area contributed by atoms with Gasteiger partial charge in [-0.25, -0.2) is 4.39 Å². The van der Waals surface area contributed by atoms with Crippen molar-refractivity contribution in [3.05, 3.63) is 58.0 Å². The summed E-state index contributed by atoms with van der Waals surface area (Å²) in [5.74, 6) is -0.146. The van der Waals surface area contributed by atoms with E-state index in [0.29, 0.717) is 0 Å². The van der Waals surface area contributed by atoms with Gasteiger partial charge < -0.3 is 5.32 Å². The highest BCUT2D eigenvalue weighted by Gasteiger charge is 2.09. The Balaban J connectivity index is 1.98. The molecule has 0 aliphatic carbocycles. The number of thiophene rings is 1. The SMILES string of the molecule is CC(NCc1ccsc1)c1ccccc1F. The van der Waals surface area contributed by atoms with Crippen molar-refractivity contribution in [3.63, 3.8) is 0 Å². The lowest BCUT2D eigenvalue weighted by molar-refractivity contribution is 0.528. The monoisotopic (exact) mass is 235 g/mol. The molecule has 1 aromatic heterocycles. The molecule has 0 radical (unpaired) electrons. The summed E-state index contributed by atoms with van der Waals surface area (Å²) in [6.07, 6.45) is 0. The third-order valence-corrected chi connectivity index (χ3v) is 3.30. The molecule has 0 saturated carbocycles. The van der Waals surface area contributed by atoms with Crippen molar-refractivity contribution in [2.75, 3.05) is 0 Å². The summed E-state index contributed by atoms with van der Waals surface area (Å²) in [6.45, 7) is 2.75. The van der Waals surface area contributed by atoms with Crippen LogP contribution in [0, 0.1) is 5.82 Å². The van der Waals surface area contributed by atoms with Crippen molar-refractivity contribution >= 4 is 11.3 Å². The number of halogens is 1. The minimum absolute atomic E-state index is 0.0288. The maximum Gasteiger partial charge on any atom is 0.127 e. The minimum atomic E-state index is -0.146. The van der Waals surface area contributed by atoms with Crippen LogP contribution in [0.3, 0.4) is 0 Å². The summed E-state index contributed by atoms with van der Waals surface area (Å²) in [5.41, 5.74) is 1.96. The molecular formula is C13H14FNS. The molecule has 0 fully saturated rings. The highest BCUT2D eigenvalue weighted by atomic mass is 32.1. The van der Waals surface area contributed by atoms with Crippen LogP contribution in [0.5, 0.6) is 0 Å². The van der Waals surface area contributed by atoms with E-state index in [1.807, 2.05) is 24.4 Å². The zero-order chi connectivity index (χ0) is 11.4. The lowest BCUT2D eigenvalue weighted by atomic mass is 10.1. The zero-order valence-corrected chi connectivity index (χ0v) is 9.93. The van der Waals surface area contributed by atoms with Crippen molar-refractivity contribution in [3.8, 4) is 0 Å². The van der Waals surface area contributed by atoms with Gasteiger partial charge in [-0.1, -0.05) is 18.2 Å². The van der Waals surface area contributed by atoms with Crippen molar-refractivity contribution in [1.82, 2.24) is 5.32 Å². The molecule has 16 heavy (non-hydrogen) atoms. The van der Waals surface area contributed by atoms with Crippen LogP contribution in [-0.4, -0.2) is 0 Å². The maximum atomic E-state index is 13.5. The van der Waals surface area contributed by atoms with E-state index in [9.17, 15) is 4.39 Å². The van der Waals surface area contributed by atoms with Gasteiger partial charge in [-0.05, 0) is 35.4 Å². The van der Waals surface area contributed by atoms with Gasteiger partial charge in [0.05, 0.1) is 0 Å². The zero-order valence-electron chi connectivity index (χ0n) is 9.11. The highest BCUT2D eigenvalue weighted by Crippen LogP contribution is 2.17. The molecule has 1 atom stereocenters. The first-order valence-electron chi connectivity index (χ1n) is 5.26. The second-order valence-corrected chi connectivity index (χ2v) is 4.54. The topological polar surface area (TPSA) is 12.0 Å². The van der Waals surface area contributed by atoms with Crippen LogP contribution < -0.4 is 5.32 Å². The molecule has 1 aromatic carbocycles. The average molecular weight is 235 g/mol. The van der Waals surface area contributed by atoms with Crippen LogP contribution in [0.25, 0.3) is 0 Å². The summed E-state index contributed by atoms with van der Waals surface area (Å²) >= 11 is 1.68. The van der Waals surface area contributed by atoms with E-state index in [0.717, 1.165) is 12.1 Å². The van der Waals surface area contributed by atoms with Gasteiger partial charge in [0.25, 0.3) is 0 Å². The third kappa shape index (κ3) is 2.68. The van der Waals surface area contributed by atoms with E-state index >= 15 is 0 Å². The molecule has 0 aliphatic rings. The Morgan fingerprint density at radius 2 is 2.12 bits per heavy atom. The normalized spacial score (nSPS) is 12.6. The summed E-state index contributed by atoms with van der Waals surface area (Å²) in [6, 6.07) is 9.00. The van der Waals surface area contributed by atoms with Gasteiger partial charge in [-0.2, -0.15) is 11.3 Å². The minimum Gasteiger partial charge on any atom is -0.306 e. The van der Waals surface area contributed by atoms with Crippen LogP contribution in [0.4, 0.5) is 4.39 Å². The van der Waals surface area contributed by atoms with E-state index in [1.165, 1.54) is 11.6 Å². The van der Waals surface area contributed by atoms with Crippen molar-refractivity contribution in [1.29, 1.82) is 0 Å². The van der Waals surface area contributed by atoms with E-state index in [1.54, 1.807) is 17.4 Å². The summed E-state index contributed by atoms with van der Waals surface area (Å²) < 4.78 is 13.5. The predicted molar refractivity (Wildman–Crippen MR) is 66.0 cm³/mol. The molecule has 2 rings (SSSR count). The first kappa shape index (κ1) is 11.3. The van der Waals surface area contributed by atoms with Gasteiger partial charge in [-0.3, -0.25) is 0 Å². The van der Waals surface area contributed by atoms with Crippen molar-refractivity contribution in [2.45, 2.75) is 19.5 Å². The lowest BCUT2D eigenvalue weighted by Gasteiger charge is -2.14. The highest BCUT2D eigenvalue weighted by molar-refractivity contribution is 7.07. The fraction of sp³-hybridized carbons (Fsp3) is 0.231. The molecule has 0 aliphatic heterocycles. The van der Waals surface area contributed by atoms with Gasteiger partial charge in [0, 0.05) is 18.2 Å². The number of hydrogen-bond acceptors (Lipinski definition) is 2. The molecule has 0 saturated heterocycles. The Morgan fingerprint density at radius 1 is 1.31 bits per heavy atom. The lowest BCUT2D eigenvalue weighted by Crippen LogP contribution is -2.18. The van der Waals surface area contributed by atoms with Crippen molar-refractivity contribution in [2.24, 2.45) is 0 Å². The standard InChI is InChI=1S/C13H14FNS/c1-10(12-4-2-3-5-13(12)14)15-8-11-6-7-16-9-11/h2-7,9-10,15H,8H2,1H3. The maximum absolute atomic E-state index is 13.5. The molecule has 1 unspecified atom stereocenters. The fourth-order valence-corrected chi connectivity index (χ4v) is 2.27. The third-order valence-electron chi connectivity index (χ3n) is 2.56. The van der Waals surface area contributed by atoms with Crippen LogP contribution in [0.1, 0.15) is 24.1 Å². The molecule has 0 amide bonds. The van der Waals surface area contributed by atoms with Gasteiger partial charge in [-0.15, -0.1) is 0 Å². The van der Waals surface area contributed by atoms with Crippen LogP contribution >= 0.6 is 11.3 Å². The van der Waals surface area contributed by atoms with E-state index in [4.69, 9.17) is 0 Å². The Kier molecular flexibility index (Phi) is 3.70. The van der Waals surface area contributed by atoms with E-state index in [2.05, 4.69) is 16.8 Å². The van der Waals surface area contributed by atoms with Gasteiger partial charge in [0.1, 0.15) is 5.82 Å². The molecule has 1 N–H and O–H groups in total. The fourth-order valence-electron chi connectivity index (χ4n) is 1.60. The molecule has 3 heteroatoms. The summed E-state index contributed by atoms with van der Waals surface area (Å²) in [5, 5.41) is 7.45. The number of benzene rings is 1. The van der Waals surface area contributed by atoms with E-state index < -0.39 is 0 Å². The Bertz CT molecular complexity index is 439. The summed E-state index contributed by atoms with van der Waals surface area (Å²) in [7, 11) is 0. The van der Waals surface area contributed by atoms with Gasteiger partial charge in [0.15, 0.2) is 0 Å². The average Bonchev–Trinajstić information content (AvgIpc) is 2.79. The molecule has 2 aromatic rings. The second kappa shape index (κ2) is 5.23. The first-order valence-corrected chi connectivity index (χ1v) is 6.20. The van der Waals surface area contributed by atoms with Crippen LogP contribution in [0.2, 0.25) is 0 Å². The number of hydrogen-bond donors (Lipinski definition) is 1. The number of nitrogens with one attached hydrogen (secondary N) is 1. The van der Waals surface area contributed by atoms with Crippen LogP contribution in [-0.2, 0) is 6.54 Å². The first-order chi connectivity index (χ1) is 7.77. The molecule has 0 spiro atoms.